The van der Waals surface area contributed by atoms with E-state index in [1.807, 2.05) is 0 Å². The van der Waals surface area contributed by atoms with Crippen LogP contribution in [0.3, 0.4) is 0 Å². The van der Waals surface area contributed by atoms with Gasteiger partial charge in [-0.05, 0) is 12.8 Å². The minimum atomic E-state index is -1.16. The Labute approximate surface area is 82.4 Å². The quantitative estimate of drug-likeness (QED) is 0.650. The maximum atomic E-state index is 13.6. The van der Waals surface area contributed by atoms with Gasteiger partial charge in [-0.25, -0.2) is 4.39 Å². The van der Waals surface area contributed by atoms with Crippen molar-refractivity contribution in [2.24, 2.45) is 0 Å². The number of piperidine rings is 1. The molecule has 1 aliphatic heterocycles. The first kappa shape index (κ1) is 10.7. The Kier molecular flexibility index (Phi) is 2.56. The Hall–Kier alpha value is -0.350. The normalized spacial score (nSPS) is 41.4. The molecule has 2 rings (SSSR count). The maximum Gasteiger partial charge on any atom is 0.326 e. The third kappa shape index (κ3) is 1.42. The predicted molar refractivity (Wildman–Crippen MR) is 47.7 cm³/mol. The Morgan fingerprint density at radius 2 is 2.23 bits per heavy atom. The van der Waals surface area contributed by atoms with E-state index < -0.39 is 11.2 Å². The van der Waals surface area contributed by atoms with E-state index in [2.05, 4.69) is 10.1 Å². The van der Waals surface area contributed by atoms with Gasteiger partial charge in [-0.1, -0.05) is 0 Å². The number of carbonyl (C=O) groups is 1. The summed E-state index contributed by atoms with van der Waals surface area (Å²) in [7, 11) is 1.34. The van der Waals surface area contributed by atoms with Gasteiger partial charge in [0.1, 0.15) is 11.2 Å². The Morgan fingerprint density at radius 3 is 2.54 bits per heavy atom. The molecule has 0 spiro atoms. The van der Waals surface area contributed by atoms with Gasteiger partial charge in [0.2, 0.25) is 0 Å². The molecule has 1 saturated carbocycles. The average molecular weight is 210 g/mol. The molecule has 0 aromatic carbocycles. The van der Waals surface area contributed by atoms with Gasteiger partial charge < -0.3 is 4.74 Å². The van der Waals surface area contributed by atoms with Crippen LogP contribution >= 0.6 is 12.4 Å². The summed E-state index contributed by atoms with van der Waals surface area (Å²) in [6, 6.07) is 0. The first-order valence-corrected chi connectivity index (χ1v) is 4.13. The van der Waals surface area contributed by atoms with Crippen LogP contribution in [0.1, 0.15) is 19.3 Å². The van der Waals surface area contributed by atoms with E-state index in [0.29, 0.717) is 19.4 Å². The van der Waals surface area contributed by atoms with E-state index in [1.165, 1.54) is 7.11 Å². The molecule has 0 aromatic heterocycles. The van der Waals surface area contributed by atoms with Gasteiger partial charge in [0, 0.05) is 13.0 Å². The summed E-state index contributed by atoms with van der Waals surface area (Å²) in [5.41, 5.74) is -1.86. The molecule has 0 radical (unpaired) electrons. The number of alkyl halides is 1. The topological polar surface area (TPSA) is 38.3 Å². The molecular weight excluding hydrogens is 197 g/mol. The number of carbonyl (C=O) groups excluding carboxylic acids is 1. The van der Waals surface area contributed by atoms with Crippen molar-refractivity contribution < 1.29 is 13.9 Å². The molecule has 0 aromatic rings. The lowest BCUT2D eigenvalue weighted by molar-refractivity contribution is -0.147. The number of fused-ring (bicyclic) bond motifs is 2. The van der Waals surface area contributed by atoms with Gasteiger partial charge in [0.15, 0.2) is 0 Å². The van der Waals surface area contributed by atoms with E-state index in [9.17, 15) is 9.18 Å². The number of rotatable bonds is 1. The molecule has 3 nitrogen and oxygen atoms in total. The molecule has 2 fully saturated rings. The smallest absolute Gasteiger partial charge is 0.326 e. The van der Waals surface area contributed by atoms with Gasteiger partial charge in [-0.3, -0.25) is 10.1 Å². The molecule has 1 saturated heterocycles. The van der Waals surface area contributed by atoms with Crippen LogP contribution in [0.15, 0.2) is 0 Å². The largest absolute Gasteiger partial charge is 0.468 e. The number of hydrogen-bond acceptors (Lipinski definition) is 3. The summed E-state index contributed by atoms with van der Waals surface area (Å²) < 4.78 is 18.2. The molecule has 0 amide bonds. The van der Waals surface area contributed by atoms with Crippen LogP contribution in [-0.4, -0.2) is 30.8 Å². The highest BCUT2D eigenvalue weighted by Crippen LogP contribution is 2.45. The zero-order chi connectivity index (χ0) is 8.82. The minimum absolute atomic E-state index is 0. The molecular formula is C8H13ClFNO2. The van der Waals surface area contributed by atoms with Crippen LogP contribution in [0.2, 0.25) is 0 Å². The number of halogens is 2. The van der Waals surface area contributed by atoms with Crippen LogP contribution in [0.25, 0.3) is 0 Å². The monoisotopic (exact) mass is 209 g/mol. The zero-order valence-corrected chi connectivity index (χ0v) is 8.25. The molecule has 2 bridgehead atoms. The third-order valence-corrected chi connectivity index (χ3v) is 2.94. The van der Waals surface area contributed by atoms with Crippen molar-refractivity contribution in [3.63, 3.8) is 0 Å². The summed E-state index contributed by atoms with van der Waals surface area (Å²) in [6.45, 7) is 0.294. The van der Waals surface area contributed by atoms with Gasteiger partial charge in [0.25, 0.3) is 0 Å². The highest BCUT2D eigenvalue weighted by molar-refractivity contribution is 5.85. The second-order valence-electron chi connectivity index (χ2n) is 3.75. The third-order valence-electron chi connectivity index (χ3n) is 2.94. The minimum Gasteiger partial charge on any atom is -0.468 e. The first-order valence-electron chi connectivity index (χ1n) is 4.13. The summed E-state index contributed by atoms with van der Waals surface area (Å²) in [6.07, 6.45) is 1.33. The number of nitrogens with one attached hydrogen (secondary N) is 1. The molecule has 2 unspecified atom stereocenters. The Morgan fingerprint density at radius 1 is 1.54 bits per heavy atom. The van der Waals surface area contributed by atoms with E-state index in [1.54, 1.807) is 0 Å². The fraction of sp³-hybridized carbons (Fsp3) is 0.875. The van der Waals surface area contributed by atoms with E-state index >= 15 is 0 Å². The second-order valence-corrected chi connectivity index (χ2v) is 3.75. The summed E-state index contributed by atoms with van der Waals surface area (Å²) >= 11 is 0. The van der Waals surface area contributed by atoms with E-state index in [4.69, 9.17) is 0 Å². The van der Waals surface area contributed by atoms with Gasteiger partial charge >= 0.3 is 5.97 Å². The van der Waals surface area contributed by atoms with Crippen molar-refractivity contribution in [1.82, 2.24) is 5.32 Å². The molecule has 2 atom stereocenters. The van der Waals surface area contributed by atoms with Crippen LogP contribution in [-0.2, 0) is 9.53 Å². The maximum absolute atomic E-state index is 13.6. The number of methoxy groups -OCH3 is 1. The van der Waals surface area contributed by atoms with Crippen molar-refractivity contribution >= 4 is 18.4 Å². The van der Waals surface area contributed by atoms with Gasteiger partial charge in [-0.15, -0.1) is 12.4 Å². The zero-order valence-electron chi connectivity index (χ0n) is 7.43. The lowest BCUT2D eigenvalue weighted by atomic mass is 10.00. The first-order chi connectivity index (χ1) is 5.60. The number of hydrogen-bond donors (Lipinski definition) is 1. The average Bonchev–Trinajstić information content (AvgIpc) is 2.57. The summed E-state index contributed by atoms with van der Waals surface area (Å²) in [4.78, 5) is 11.3. The lowest BCUT2D eigenvalue weighted by Gasteiger charge is -2.24. The van der Waals surface area contributed by atoms with Crippen molar-refractivity contribution in [3.05, 3.63) is 0 Å². The predicted octanol–water partition coefficient (Wildman–Crippen LogP) is 0.815. The number of esters is 1. The standard InChI is InChI=1S/C8H12FNO2.ClH/c1-12-6(11)8-3-2-7(9,4-8)5-10-8;/h10H,2-5H2,1H3;1H. The molecule has 1 N–H and O–H groups in total. The van der Waals surface area contributed by atoms with E-state index in [-0.39, 0.29) is 24.8 Å². The van der Waals surface area contributed by atoms with Crippen LogP contribution < -0.4 is 5.32 Å². The molecule has 1 heterocycles. The van der Waals surface area contributed by atoms with Crippen LogP contribution in [0.4, 0.5) is 4.39 Å². The molecule has 76 valence electrons. The SMILES string of the molecule is COC(=O)C12CCC(F)(CN1)C2.Cl. The van der Waals surface area contributed by atoms with Crippen molar-refractivity contribution in [3.8, 4) is 0 Å². The molecule has 2 aliphatic rings. The number of ether oxygens (including phenoxy) is 1. The highest BCUT2D eigenvalue weighted by Gasteiger charge is 2.59. The highest BCUT2D eigenvalue weighted by atomic mass is 35.5. The van der Waals surface area contributed by atoms with Crippen molar-refractivity contribution in [2.45, 2.75) is 30.5 Å². The van der Waals surface area contributed by atoms with Gasteiger partial charge in [0.05, 0.1) is 7.11 Å². The van der Waals surface area contributed by atoms with Crippen LogP contribution in [0.5, 0.6) is 0 Å². The van der Waals surface area contributed by atoms with Gasteiger partial charge in [-0.2, -0.15) is 0 Å². The summed E-state index contributed by atoms with van der Waals surface area (Å²) in [5, 5.41) is 2.91. The van der Waals surface area contributed by atoms with Crippen molar-refractivity contribution in [1.29, 1.82) is 0 Å². The lowest BCUT2D eigenvalue weighted by Crippen LogP contribution is -2.48. The second kappa shape index (κ2) is 3.10. The molecule has 1 aliphatic carbocycles. The molecule has 13 heavy (non-hydrogen) atoms. The van der Waals surface area contributed by atoms with Crippen LogP contribution in [0, 0.1) is 0 Å². The van der Waals surface area contributed by atoms with E-state index in [0.717, 1.165) is 0 Å². The summed E-state index contributed by atoms with van der Waals surface area (Å²) in [5.74, 6) is -0.320. The fourth-order valence-corrected chi connectivity index (χ4v) is 2.23. The Balaban J connectivity index is 0.000000845. The Bertz CT molecular complexity index is 226. The van der Waals surface area contributed by atoms with Crippen molar-refractivity contribution in [2.75, 3.05) is 13.7 Å². The fourth-order valence-electron chi connectivity index (χ4n) is 2.23. The molecule has 5 heteroatoms.